The number of carbonyl (C=O) groups is 2. The van der Waals surface area contributed by atoms with Gasteiger partial charge in [-0.2, -0.15) is 0 Å². The molecule has 1 heterocycles. The number of amides is 2. The minimum atomic E-state index is -0.529. The molecule has 116 valence electrons. The highest BCUT2D eigenvalue weighted by molar-refractivity contribution is 6.18. The summed E-state index contributed by atoms with van der Waals surface area (Å²) in [5.41, 5.74) is -0.529. The summed E-state index contributed by atoms with van der Waals surface area (Å²) < 4.78 is 10.2. The summed E-state index contributed by atoms with van der Waals surface area (Å²) in [6, 6.07) is -0.0506. The number of nitrogens with one attached hydrogen (secondary N) is 1. The van der Waals surface area contributed by atoms with Crippen LogP contribution >= 0.6 is 11.6 Å². The summed E-state index contributed by atoms with van der Waals surface area (Å²) in [6.45, 7) is 6.61. The Hall–Kier alpha value is -1.17. The maximum Gasteiger partial charge on any atom is 0.410 e. The van der Waals surface area contributed by atoms with Crippen LogP contribution in [0, 0.1) is 0 Å². The summed E-state index contributed by atoms with van der Waals surface area (Å²) in [5.74, 6) is 0.278. The molecule has 0 radical (unpaired) electrons. The van der Waals surface area contributed by atoms with Crippen LogP contribution in [0.15, 0.2) is 0 Å². The van der Waals surface area contributed by atoms with E-state index in [4.69, 9.17) is 21.1 Å². The van der Waals surface area contributed by atoms with Gasteiger partial charge in [0, 0.05) is 13.1 Å². The van der Waals surface area contributed by atoms with Gasteiger partial charge in [0.1, 0.15) is 12.2 Å². The highest BCUT2D eigenvalue weighted by atomic mass is 35.5. The highest BCUT2D eigenvalue weighted by Gasteiger charge is 2.30. The molecule has 0 bridgehead atoms. The van der Waals surface area contributed by atoms with Crippen molar-refractivity contribution in [1.29, 1.82) is 0 Å². The van der Waals surface area contributed by atoms with Gasteiger partial charge in [-0.3, -0.25) is 0 Å². The molecule has 1 N–H and O–H groups in total. The van der Waals surface area contributed by atoms with E-state index in [9.17, 15) is 9.59 Å². The van der Waals surface area contributed by atoms with Crippen LogP contribution in [0.1, 0.15) is 33.6 Å². The van der Waals surface area contributed by atoms with E-state index < -0.39 is 11.7 Å². The number of ether oxygens (including phenoxy) is 2. The average Bonchev–Trinajstić information content (AvgIpc) is 2.79. The number of alkyl halides is 1. The van der Waals surface area contributed by atoms with Gasteiger partial charge in [0.25, 0.3) is 0 Å². The van der Waals surface area contributed by atoms with Crippen molar-refractivity contribution < 1.29 is 19.1 Å². The van der Waals surface area contributed by atoms with Gasteiger partial charge >= 0.3 is 12.2 Å². The van der Waals surface area contributed by atoms with Crippen LogP contribution in [-0.2, 0) is 9.47 Å². The Morgan fingerprint density at radius 3 is 2.70 bits per heavy atom. The average molecular weight is 307 g/mol. The number of nitrogens with zero attached hydrogens (tertiary/aromatic N) is 1. The van der Waals surface area contributed by atoms with E-state index in [0.717, 1.165) is 12.8 Å². The molecule has 0 aliphatic carbocycles. The maximum atomic E-state index is 11.8. The van der Waals surface area contributed by atoms with Crippen LogP contribution in [0.2, 0.25) is 0 Å². The van der Waals surface area contributed by atoms with Crippen molar-refractivity contribution >= 4 is 23.8 Å². The molecule has 1 aliphatic heterocycles. The van der Waals surface area contributed by atoms with E-state index >= 15 is 0 Å². The van der Waals surface area contributed by atoms with Crippen molar-refractivity contribution in [2.75, 3.05) is 25.6 Å². The molecule has 7 heteroatoms. The van der Waals surface area contributed by atoms with Gasteiger partial charge in [-0.25, -0.2) is 9.59 Å². The number of halogens is 1. The van der Waals surface area contributed by atoms with Crippen molar-refractivity contribution in [1.82, 2.24) is 10.2 Å². The predicted molar refractivity (Wildman–Crippen MR) is 76.0 cm³/mol. The van der Waals surface area contributed by atoms with Crippen LogP contribution < -0.4 is 5.32 Å². The third kappa shape index (κ3) is 5.86. The highest BCUT2D eigenvalue weighted by Crippen LogP contribution is 2.18. The molecule has 0 spiro atoms. The van der Waals surface area contributed by atoms with E-state index in [1.807, 2.05) is 0 Å². The fraction of sp³-hybridized carbons (Fsp3) is 0.846. The lowest BCUT2D eigenvalue weighted by Gasteiger charge is -2.25. The van der Waals surface area contributed by atoms with Gasteiger partial charge in [-0.1, -0.05) is 0 Å². The minimum Gasteiger partial charge on any atom is -0.448 e. The van der Waals surface area contributed by atoms with Crippen LogP contribution in [0.5, 0.6) is 0 Å². The zero-order valence-electron chi connectivity index (χ0n) is 12.3. The molecule has 6 nitrogen and oxygen atoms in total. The molecule has 0 aromatic carbocycles. The first-order chi connectivity index (χ1) is 9.33. The zero-order chi connectivity index (χ0) is 15.2. The predicted octanol–water partition coefficient (Wildman–Crippen LogP) is 2.35. The second kappa shape index (κ2) is 7.57. The van der Waals surface area contributed by atoms with Crippen molar-refractivity contribution in [3.05, 3.63) is 0 Å². The molecule has 0 aromatic heterocycles. The standard InChI is InChI=1S/C13H23ClN2O4/c1-13(2,3)20-11(17)15-9-10-5-4-7-16(10)12(18)19-8-6-14/h10H,4-9H2,1-3H3,(H,15,17). The molecule has 1 atom stereocenters. The van der Waals surface area contributed by atoms with E-state index in [1.54, 1.807) is 25.7 Å². The molecule has 20 heavy (non-hydrogen) atoms. The third-order valence-electron chi connectivity index (χ3n) is 2.80. The summed E-state index contributed by atoms with van der Waals surface area (Å²) >= 11 is 5.48. The second-order valence-corrected chi connectivity index (χ2v) is 6.05. The number of hydrogen-bond donors (Lipinski definition) is 1. The van der Waals surface area contributed by atoms with Gasteiger partial charge in [0.2, 0.25) is 0 Å². The Balaban J connectivity index is 2.38. The van der Waals surface area contributed by atoms with E-state index in [-0.39, 0.29) is 24.6 Å². The molecule has 1 fully saturated rings. The number of likely N-dealkylation sites (tertiary alicyclic amines) is 1. The normalized spacial score (nSPS) is 18.8. The number of rotatable bonds is 4. The quantitative estimate of drug-likeness (QED) is 0.810. The fourth-order valence-electron chi connectivity index (χ4n) is 2.01. The Bertz CT molecular complexity index is 344. The first kappa shape index (κ1) is 16.9. The van der Waals surface area contributed by atoms with E-state index in [2.05, 4.69) is 5.32 Å². The Morgan fingerprint density at radius 1 is 1.40 bits per heavy atom. The largest absolute Gasteiger partial charge is 0.448 e. The Morgan fingerprint density at radius 2 is 2.10 bits per heavy atom. The van der Waals surface area contributed by atoms with Crippen molar-refractivity contribution in [2.24, 2.45) is 0 Å². The summed E-state index contributed by atoms with van der Waals surface area (Å²) in [5, 5.41) is 2.69. The van der Waals surface area contributed by atoms with Crippen molar-refractivity contribution in [3.8, 4) is 0 Å². The molecule has 1 unspecified atom stereocenters. The zero-order valence-corrected chi connectivity index (χ0v) is 13.0. The molecular formula is C13H23ClN2O4. The molecule has 0 saturated carbocycles. The first-order valence-electron chi connectivity index (χ1n) is 6.79. The smallest absolute Gasteiger partial charge is 0.410 e. The molecule has 1 aliphatic rings. The Labute approximate surface area is 124 Å². The molecule has 1 rings (SSSR count). The summed E-state index contributed by atoms with van der Waals surface area (Å²) in [4.78, 5) is 25.0. The van der Waals surface area contributed by atoms with Crippen LogP contribution in [-0.4, -0.2) is 54.3 Å². The van der Waals surface area contributed by atoms with Gasteiger partial charge in [0.15, 0.2) is 0 Å². The van der Waals surface area contributed by atoms with E-state index in [0.29, 0.717) is 13.1 Å². The van der Waals surface area contributed by atoms with Crippen LogP contribution in [0.4, 0.5) is 9.59 Å². The number of hydrogen-bond acceptors (Lipinski definition) is 4. The summed E-state index contributed by atoms with van der Waals surface area (Å²) in [6.07, 6.45) is 0.889. The molecule has 1 saturated heterocycles. The van der Waals surface area contributed by atoms with E-state index in [1.165, 1.54) is 0 Å². The van der Waals surface area contributed by atoms with Gasteiger partial charge in [0.05, 0.1) is 11.9 Å². The fourth-order valence-corrected chi connectivity index (χ4v) is 2.09. The first-order valence-corrected chi connectivity index (χ1v) is 7.33. The molecule has 0 aromatic rings. The summed E-state index contributed by atoms with van der Waals surface area (Å²) in [7, 11) is 0. The van der Waals surface area contributed by atoms with Gasteiger partial charge in [-0.15, -0.1) is 11.6 Å². The number of carbonyl (C=O) groups excluding carboxylic acids is 2. The minimum absolute atomic E-state index is 0.0506. The van der Waals surface area contributed by atoms with Gasteiger partial charge in [-0.05, 0) is 33.6 Å². The SMILES string of the molecule is CC(C)(C)OC(=O)NCC1CCCN1C(=O)OCCCl. The Kier molecular flexibility index (Phi) is 6.39. The van der Waals surface area contributed by atoms with Gasteiger partial charge < -0.3 is 19.7 Å². The van der Waals surface area contributed by atoms with Crippen molar-refractivity contribution in [3.63, 3.8) is 0 Å². The lowest BCUT2D eigenvalue weighted by Crippen LogP contribution is -2.44. The topological polar surface area (TPSA) is 67.9 Å². The van der Waals surface area contributed by atoms with Crippen molar-refractivity contribution in [2.45, 2.75) is 45.3 Å². The second-order valence-electron chi connectivity index (χ2n) is 5.68. The monoisotopic (exact) mass is 306 g/mol. The lowest BCUT2D eigenvalue weighted by molar-refractivity contribution is 0.0506. The maximum absolute atomic E-state index is 11.8. The molecular weight excluding hydrogens is 284 g/mol. The molecule has 2 amide bonds. The van der Waals surface area contributed by atoms with Crippen LogP contribution in [0.3, 0.4) is 0 Å². The third-order valence-corrected chi connectivity index (χ3v) is 2.95. The van der Waals surface area contributed by atoms with Crippen LogP contribution in [0.25, 0.3) is 0 Å². The number of alkyl carbamates (subject to hydrolysis) is 1. The lowest BCUT2D eigenvalue weighted by atomic mass is 10.2.